The highest BCUT2D eigenvalue weighted by Gasteiger charge is 1.73. The molecule has 0 atom stereocenters. The summed E-state index contributed by atoms with van der Waals surface area (Å²) in [6, 6.07) is 0. The maximum atomic E-state index is 8.81. The van der Waals surface area contributed by atoms with Gasteiger partial charge in [0.25, 0.3) is 0 Å². The molecule has 0 aliphatic heterocycles. The number of aldehydes is 2. The van der Waals surface area contributed by atoms with Gasteiger partial charge in [-0.1, -0.05) is 0 Å². The summed E-state index contributed by atoms with van der Waals surface area (Å²) in [6.07, 6.45) is 0.389. The lowest BCUT2D eigenvalue weighted by atomic mass is 10.8. The van der Waals surface area contributed by atoms with Crippen LogP contribution in [0.5, 0.6) is 0 Å². The number of rotatable bonds is 4. The van der Waals surface area contributed by atoms with Gasteiger partial charge in [-0.2, -0.15) is 0 Å². The number of carbonyl (C=O) groups is 2. The molecular formula is C6H12O4. The Morgan fingerprint density at radius 2 is 1.30 bits per heavy atom. The van der Waals surface area contributed by atoms with Crippen molar-refractivity contribution in [3.63, 3.8) is 0 Å². The highest BCUT2D eigenvalue weighted by Crippen LogP contribution is 1.65. The summed E-state index contributed by atoms with van der Waals surface area (Å²) in [5, 5.41) is 0. The zero-order chi connectivity index (χ0) is 8.24. The Labute approximate surface area is 60.1 Å². The molecule has 0 spiro atoms. The summed E-state index contributed by atoms with van der Waals surface area (Å²) < 4.78 is 9.31. The monoisotopic (exact) mass is 148 g/mol. The number of hydrogen-bond donors (Lipinski definition) is 0. The zero-order valence-electron chi connectivity index (χ0n) is 6.20. The number of hydrogen-bond acceptors (Lipinski definition) is 4. The van der Waals surface area contributed by atoms with Crippen LogP contribution in [-0.2, 0) is 19.1 Å². The third-order valence-electron chi connectivity index (χ3n) is 0.547. The molecule has 0 N–H and O–H groups in total. The lowest BCUT2D eigenvalue weighted by Crippen LogP contribution is -1.96. The Bertz CT molecular complexity index is 62.1. The summed E-state index contributed by atoms with van der Waals surface area (Å²) in [4.78, 5) is 17.6. The maximum absolute atomic E-state index is 8.81. The Morgan fingerprint density at radius 1 is 1.00 bits per heavy atom. The lowest BCUT2D eigenvalue weighted by molar-refractivity contribution is -0.122. The molecule has 60 valence electrons. The Kier molecular flexibility index (Phi) is 18.9. The lowest BCUT2D eigenvalue weighted by Gasteiger charge is -1.91. The summed E-state index contributed by atoms with van der Waals surface area (Å²) >= 11 is 0. The molecule has 0 aliphatic carbocycles. The smallest absolute Gasteiger partial charge is 0.182 e. The molecule has 4 heteroatoms. The average Bonchev–Trinajstić information content (AvgIpc) is 2.01. The summed E-state index contributed by atoms with van der Waals surface area (Å²) in [5.41, 5.74) is 0. The second-order valence-electron chi connectivity index (χ2n) is 1.26. The van der Waals surface area contributed by atoms with Gasteiger partial charge in [0.15, 0.2) is 12.6 Å². The van der Waals surface area contributed by atoms with Gasteiger partial charge in [0.1, 0.15) is 0 Å². The van der Waals surface area contributed by atoms with Gasteiger partial charge in [-0.15, -0.1) is 0 Å². The molecule has 0 saturated carbocycles. The average molecular weight is 148 g/mol. The van der Waals surface area contributed by atoms with E-state index in [1.54, 1.807) is 14.2 Å². The van der Waals surface area contributed by atoms with Crippen molar-refractivity contribution >= 4 is 12.6 Å². The van der Waals surface area contributed by atoms with Gasteiger partial charge in [0.2, 0.25) is 0 Å². The first-order valence-electron chi connectivity index (χ1n) is 2.70. The molecule has 0 unspecified atom stereocenters. The van der Waals surface area contributed by atoms with Crippen molar-refractivity contribution in [2.24, 2.45) is 0 Å². The molecular weight excluding hydrogens is 136 g/mol. The Morgan fingerprint density at radius 3 is 1.40 bits per heavy atom. The van der Waals surface area contributed by atoms with E-state index in [-0.39, 0.29) is 12.6 Å². The van der Waals surface area contributed by atoms with Crippen LogP contribution in [0.15, 0.2) is 0 Å². The van der Waals surface area contributed by atoms with Crippen LogP contribution in [0.3, 0.4) is 0 Å². The van der Waals surface area contributed by atoms with Crippen LogP contribution in [0, 0.1) is 0 Å². The van der Waals surface area contributed by atoms with Crippen LogP contribution in [0.25, 0.3) is 0 Å². The van der Waals surface area contributed by atoms with E-state index in [2.05, 4.69) is 9.47 Å². The topological polar surface area (TPSA) is 52.6 Å². The standard InChI is InChI=1S/C4H10O2.C2H2O2/c1-5-3-4-6-2;3-1-2-4/h3-4H2,1-2H3;1-2H. The van der Waals surface area contributed by atoms with Crippen LogP contribution in [0.2, 0.25) is 0 Å². The third kappa shape index (κ3) is 26.8. The number of ether oxygens (including phenoxy) is 2. The first kappa shape index (κ1) is 12.0. The fourth-order valence-corrected chi connectivity index (χ4v) is 0.167. The molecule has 0 aromatic rings. The van der Waals surface area contributed by atoms with E-state index in [4.69, 9.17) is 9.59 Å². The van der Waals surface area contributed by atoms with E-state index in [0.29, 0.717) is 13.2 Å². The molecule has 10 heavy (non-hydrogen) atoms. The first-order chi connectivity index (χ1) is 4.83. The van der Waals surface area contributed by atoms with Crippen LogP contribution in [-0.4, -0.2) is 40.0 Å². The van der Waals surface area contributed by atoms with Crippen molar-refractivity contribution in [1.82, 2.24) is 0 Å². The molecule has 4 nitrogen and oxygen atoms in total. The van der Waals surface area contributed by atoms with Gasteiger partial charge in [0, 0.05) is 14.2 Å². The van der Waals surface area contributed by atoms with Gasteiger partial charge in [-0.25, -0.2) is 0 Å². The van der Waals surface area contributed by atoms with Crippen LogP contribution >= 0.6 is 0 Å². The van der Waals surface area contributed by atoms with Gasteiger partial charge in [-0.05, 0) is 0 Å². The molecule has 0 fully saturated rings. The fraction of sp³-hybridized carbons (Fsp3) is 0.667. The predicted molar refractivity (Wildman–Crippen MR) is 35.9 cm³/mol. The van der Waals surface area contributed by atoms with Crippen molar-refractivity contribution < 1.29 is 19.1 Å². The molecule has 0 heterocycles. The maximum Gasteiger partial charge on any atom is 0.182 e. The molecule has 0 bridgehead atoms. The molecule has 0 aromatic carbocycles. The SMILES string of the molecule is COCCOC.O=CC=O. The summed E-state index contributed by atoms with van der Waals surface area (Å²) in [5.74, 6) is 0. The minimum absolute atomic E-state index is 0.194. The van der Waals surface area contributed by atoms with Crippen LogP contribution < -0.4 is 0 Å². The van der Waals surface area contributed by atoms with Crippen LogP contribution in [0.4, 0.5) is 0 Å². The third-order valence-corrected chi connectivity index (χ3v) is 0.547. The molecule has 0 radical (unpaired) electrons. The summed E-state index contributed by atoms with van der Waals surface area (Å²) in [7, 11) is 3.30. The number of carbonyl (C=O) groups excluding carboxylic acids is 2. The predicted octanol–water partition coefficient (Wildman–Crippen LogP) is -0.337. The van der Waals surface area contributed by atoms with E-state index >= 15 is 0 Å². The van der Waals surface area contributed by atoms with E-state index in [1.807, 2.05) is 0 Å². The second kappa shape index (κ2) is 15.7. The van der Waals surface area contributed by atoms with Crippen molar-refractivity contribution in [2.45, 2.75) is 0 Å². The minimum atomic E-state index is 0.194. The first-order valence-corrected chi connectivity index (χ1v) is 2.70. The van der Waals surface area contributed by atoms with Gasteiger partial charge in [-0.3, -0.25) is 9.59 Å². The van der Waals surface area contributed by atoms with Crippen molar-refractivity contribution in [3.05, 3.63) is 0 Å². The van der Waals surface area contributed by atoms with E-state index in [1.165, 1.54) is 0 Å². The Hall–Kier alpha value is -0.740. The van der Waals surface area contributed by atoms with E-state index in [9.17, 15) is 0 Å². The Balaban J connectivity index is 0. The van der Waals surface area contributed by atoms with Crippen molar-refractivity contribution in [2.75, 3.05) is 27.4 Å². The highest BCUT2D eigenvalue weighted by molar-refractivity contribution is 6.09. The second-order valence-corrected chi connectivity index (χ2v) is 1.26. The van der Waals surface area contributed by atoms with Crippen molar-refractivity contribution in [1.29, 1.82) is 0 Å². The minimum Gasteiger partial charge on any atom is -0.382 e. The van der Waals surface area contributed by atoms with Gasteiger partial charge >= 0.3 is 0 Å². The van der Waals surface area contributed by atoms with E-state index < -0.39 is 0 Å². The molecule has 0 saturated heterocycles. The molecule has 0 aliphatic rings. The highest BCUT2D eigenvalue weighted by atomic mass is 16.5. The van der Waals surface area contributed by atoms with Gasteiger partial charge < -0.3 is 9.47 Å². The van der Waals surface area contributed by atoms with Crippen molar-refractivity contribution in [3.8, 4) is 0 Å². The quantitative estimate of drug-likeness (QED) is 0.311. The van der Waals surface area contributed by atoms with Crippen LogP contribution in [0.1, 0.15) is 0 Å². The molecule has 0 amide bonds. The van der Waals surface area contributed by atoms with Gasteiger partial charge in [0.05, 0.1) is 13.2 Å². The summed E-state index contributed by atoms with van der Waals surface area (Å²) in [6.45, 7) is 1.38. The fourth-order valence-electron chi connectivity index (χ4n) is 0.167. The molecule has 0 rings (SSSR count). The largest absolute Gasteiger partial charge is 0.382 e. The normalized spacial score (nSPS) is 7.40. The van der Waals surface area contributed by atoms with E-state index in [0.717, 1.165) is 0 Å². The molecule has 0 aromatic heterocycles. The number of methoxy groups -OCH3 is 2. The zero-order valence-corrected chi connectivity index (χ0v) is 6.20.